The Balaban J connectivity index is 3.95. The predicted molar refractivity (Wildman–Crippen MR) is 68.6 cm³/mol. The Kier molecular flexibility index (Phi) is 6.78. The monoisotopic (exact) mass is 240 g/mol. The van der Waals surface area contributed by atoms with Gasteiger partial charge in [-0.05, 0) is 45.1 Å². The van der Waals surface area contributed by atoms with Gasteiger partial charge >= 0.3 is 5.97 Å². The Morgan fingerprint density at radius 2 is 1.88 bits per heavy atom. The number of carbonyl (C=O) groups is 2. The summed E-state index contributed by atoms with van der Waals surface area (Å²) in [5, 5.41) is 0. The van der Waals surface area contributed by atoms with Crippen LogP contribution in [0.5, 0.6) is 0 Å². The van der Waals surface area contributed by atoms with Gasteiger partial charge in [0.25, 0.3) is 0 Å². The van der Waals surface area contributed by atoms with E-state index in [1.54, 1.807) is 0 Å². The summed E-state index contributed by atoms with van der Waals surface area (Å²) in [5.74, 6) is 0.455. The maximum absolute atomic E-state index is 11.5. The van der Waals surface area contributed by atoms with E-state index >= 15 is 0 Å². The minimum Gasteiger partial charge on any atom is -0.465 e. The molecule has 17 heavy (non-hydrogen) atoms. The van der Waals surface area contributed by atoms with Gasteiger partial charge in [0.2, 0.25) is 0 Å². The van der Waals surface area contributed by atoms with E-state index < -0.39 is 5.41 Å². The van der Waals surface area contributed by atoms with Crippen molar-refractivity contribution < 1.29 is 14.3 Å². The SMILES string of the molecule is C[C@@H](COC(=O)C(C)(C)C)C[C@H](C)/C=C/C=O. The largest absolute Gasteiger partial charge is 0.465 e. The van der Waals surface area contributed by atoms with Gasteiger partial charge in [0, 0.05) is 0 Å². The minimum atomic E-state index is -0.442. The molecule has 0 spiro atoms. The van der Waals surface area contributed by atoms with Crippen LogP contribution in [0.15, 0.2) is 12.2 Å². The lowest BCUT2D eigenvalue weighted by molar-refractivity contribution is -0.154. The molecular weight excluding hydrogens is 216 g/mol. The van der Waals surface area contributed by atoms with Crippen LogP contribution >= 0.6 is 0 Å². The summed E-state index contributed by atoms with van der Waals surface area (Å²) in [6.07, 6.45) is 5.07. The lowest BCUT2D eigenvalue weighted by atomic mass is 9.96. The Bertz CT molecular complexity index is 274. The van der Waals surface area contributed by atoms with E-state index in [2.05, 4.69) is 0 Å². The van der Waals surface area contributed by atoms with E-state index in [9.17, 15) is 9.59 Å². The molecule has 0 aliphatic carbocycles. The van der Waals surface area contributed by atoms with Crippen LogP contribution in [-0.4, -0.2) is 18.9 Å². The topological polar surface area (TPSA) is 43.4 Å². The predicted octanol–water partition coefficient (Wildman–Crippen LogP) is 2.99. The first kappa shape index (κ1) is 15.9. The van der Waals surface area contributed by atoms with Crippen molar-refractivity contribution in [2.24, 2.45) is 17.3 Å². The highest BCUT2D eigenvalue weighted by Crippen LogP contribution is 2.18. The number of aldehydes is 1. The molecule has 3 nitrogen and oxygen atoms in total. The summed E-state index contributed by atoms with van der Waals surface area (Å²) < 4.78 is 5.24. The molecule has 0 aliphatic heterocycles. The zero-order valence-corrected chi connectivity index (χ0v) is 11.5. The van der Waals surface area contributed by atoms with Gasteiger partial charge in [-0.1, -0.05) is 19.9 Å². The summed E-state index contributed by atoms with van der Waals surface area (Å²) >= 11 is 0. The van der Waals surface area contributed by atoms with Crippen molar-refractivity contribution in [2.45, 2.75) is 41.0 Å². The number of carbonyl (C=O) groups excluding carboxylic acids is 2. The summed E-state index contributed by atoms with van der Waals surface area (Å²) in [5.41, 5.74) is -0.442. The molecule has 0 unspecified atom stereocenters. The fraction of sp³-hybridized carbons (Fsp3) is 0.714. The fourth-order valence-corrected chi connectivity index (χ4v) is 1.45. The molecule has 0 aromatic carbocycles. The van der Waals surface area contributed by atoms with Gasteiger partial charge in [-0.3, -0.25) is 9.59 Å². The van der Waals surface area contributed by atoms with Gasteiger partial charge in [-0.25, -0.2) is 0 Å². The first-order valence-electron chi connectivity index (χ1n) is 6.06. The second kappa shape index (κ2) is 7.25. The van der Waals surface area contributed by atoms with Gasteiger partial charge in [-0.2, -0.15) is 0 Å². The Hall–Kier alpha value is -1.12. The molecule has 0 fully saturated rings. The van der Waals surface area contributed by atoms with Gasteiger partial charge in [0.1, 0.15) is 6.29 Å². The molecule has 0 N–H and O–H groups in total. The second-order valence-corrected chi connectivity index (χ2v) is 5.69. The van der Waals surface area contributed by atoms with Crippen molar-refractivity contribution in [2.75, 3.05) is 6.61 Å². The standard InChI is InChI=1S/C14H24O3/c1-11(7-6-8-15)9-12(2)10-17-13(16)14(3,4)5/h6-8,11-12H,9-10H2,1-5H3/b7-6+/t11-,12-/m1/s1. The van der Waals surface area contributed by atoms with E-state index in [-0.39, 0.29) is 5.97 Å². The first-order chi connectivity index (χ1) is 7.77. The van der Waals surface area contributed by atoms with Crippen LogP contribution in [0.1, 0.15) is 41.0 Å². The number of allylic oxidation sites excluding steroid dienone is 2. The summed E-state index contributed by atoms with van der Waals surface area (Å²) in [6.45, 7) is 10.1. The molecule has 98 valence electrons. The van der Waals surface area contributed by atoms with Crippen LogP contribution in [0, 0.1) is 17.3 Å². The highest BCUT2D eigenvalue weighted by atomic mass is 16.5. The number of esters is 1. The third-order valence-electron chi connectivity index (χ3n) is 2.40. The molecule has 0 aromatic heterocycles. The van der Waals surface area contributed by atoms with E-state index in [0.29, 0.717) is 18.4 Å². The molecular formula is C14H24O3. The maximum Gasteiger partial charge on any atom is 0.311 e. The van der Waals surface area contributed by atoms with Crippen molar-refractivity contribution in [3.8, 4) is 0 Å². The molecule has 0 saturated carbocycles. The van der Waals surface area contributed by atoms with E-state index in [1.807, 2.05) is 40.7 Å². The number of rotatable bonds is 6. The van der Waals surface area contributed by atoms with Crippen LogP contribution in [-0.2, 0) is 14.3 Å². The average Bonchev–Trinajstić information content (AvgIpc) is 2.21. The molecule has 0 radical (unpaired) electrons. The van der Waals surface area contributed by atoms with Crippen molar-refractivity contribution in [1.82, 2.24) is 0 Å². The maximum atomic E-state index is 11.5. The minimum absolute atomic E-state index is 0.166. The Morgan fingerprint density at radius 3 is 2.35 bits per heavy atom. The highest BCUT2D eigenvalue weighted by molar-refractivity contribution is 5.75. The van der Waals surface area contributed by atoms with Crippen LogP contribution < -0.4 is 0 Å². The Labute approximate surface area is 104 Å². The summed E-state index contributed by atoms with van der Waals surface area (Å²) in [4.78, 5) is 21.7. The summed E-state index contributed by atoms with van der Waals surface area (Å²) in [7, 11) is 0. The molecule has 0 aliphatic rings. The van der Waals surface area contributed by atoms with E-state index in [0.717, 1.165) is 12.7 Å². The van der Waals surface area contributed by atoms with Crippen LogP contribution in [0.25, 0.3) is 0 Å². The second-order valence-electron chi connectivity index (χ2n) is 5.69. The quantitative estimate of drug-likeness (QED) is 0.407. The molecule has 0 aromatic rings. The fourth-order valence-electron chi connectivity index (χ4n) is 1.45. The van der Waals surface area contributed by atoms with Crippen LogP contribution in [0.3, 0.4) is 0 Å². The van der Waals surface area contributed by atoms with Crippen molar-refractivity contribution in [1.29, 1.82) is 0 Å². The van der Waals surface area contributed by atoms with Gasteiger partial charge < -0.3 is 4.74 Å². The lowest BCUT2D eigenvalue weighted by Gasteiger charge is -2.20. The van der Waals surface area contributed by atoms with E-state index in [1.165, 1.54) is 6.08 Å². The molecule has 0 bridgehead atoms. The molecule has 0 saturated heterocycles. The third kappa shape index (κ3) is 7.72. The molecule has 0 rings (SSSR count). The van der Waals surface area contributed by atoms with Gasteiger partial charge in [-0.15, -0.1) is 0 Å². The third-order valence-corrected chi connectivity index (χ3v) is 2.40. The average molecular weight is 240 g/mol. The van der Waals surface area contributed by atoms with Crippen molar-refractivity contribution in [3.63, 3.8) is 0 Å². The lowest BCUT2D eigenvalue weighted by Crippen LogP contribution is -2.25. The number of hydrogen-bond acceptors (Lipinski definition) is 3. The van der Waals surface area contributed by atoms with Gasteiger partial charge in [0.05, 0.1) is 12.0 Å². The summed E-state index contributed by atoms with van der Waals surface area (Å²) in [6, 6.07) is 0. The molecule has 0 heterocycles. The Morgan fingerprint density at radius 1 is 1.29 bits per heavy atom. The van der Waals surface area contributed by atoms with Crippen LogP contribution in [0.2, 0.25) is 0 Å². The van der Waals surface area contributed by atoms with Crippen molar-refractivity contribution in [3.05, 3.63) is 12.2 Å². The zero-order valence-electron chi connectivity index (χ0n) is 11.5. The van der Waals surface area contributed by atoms with Gasteiger partial charge in [0.15, 0.2) is 0 Å². The van der Waals surface area contributed by atoms with Crippen LogP contribution in [0.4, 0.5) is 0 Å². The number of ether oxygens (including phenoxy) is 1. The van der Waals surface area contributed by atoms with E-state index in [4.69, 9.17) is 4.74 Å². The molecule has 0 amide bonds. The zero-order chi connectivity index (χ0) is 13.5. The normalized spacial score (nSPS) is 15.6. The van der Waals surface area contributed by atoms with Crippen molar-refractivity contribution >= 4 is 12.3 Å². The smallest absolute Gasteiger partial charge is 0.311 e. The highest BCUT2D eigenvalue weighted by Gasteiger charge is 2.23. The number of hydrogen-bond donors (Lipinski definition) is 0. The molecule has 3 heteroatoms. The first-order valence-corrected chi connectivity index (χ1v) is 6.06. The molecule has 2 atom stereocenters.